The zero-order chi connectivity index (χ0) is 16.0. The highest BCUT2D eigenvalue weighted by Gasteiger charge is 2.39. The van der Waals surface area contributed by atoms with E-state index in [9.17, 15) is 0 Å². The largest absolute Gasteiger partial charge is 0.357 e. The molecule has 0 amide bonds. The highest BCUT2D eigenvalue weighted by molar-refractivity contribution is 5.77. The van der Waals surface area contributed by atoms with E-state index in [1.54, 1.807) is 0 Å². The van der Waals surface area contributed by atoms with Crippen LogP contribution in [-0.2, 0) is 4.74 Å². The summed E-state index contributed by atoms with van der Waals surface area (Å²) in [6.07, 6.45) is 4.22. The van der Waals surface area contributed by atoms with Gasteiger partial charge in [-0.1, -0.05) is 32.9 Å². The van der Waals surface area contributed by atoms with Gasteiger partial charge in [-0.05, 0) is 42.7 Å². The molecule has 0 bridgehead atoms. The molecule has 2 aromatic rings. The average molecular weight is 313 g/mol. The summed E-state index contributed by atoms with van der Waals surface area (Å²) in [4.78, 5) is 10.4. The van der Waals surface area contributed by atoms with Crippen molar-refractivity contribution in [2.24, 2.45) is 17.3 Å². The first-order chi connectivity index (χ1) is 11.0. The van der Waals surface area contributed by atoms with Crippen LogP contribution in [-0.4, -0.2) is 29.3 Å². The number of fused-ring (bicyclic) bond motifs is 2. The quantitative estimate of drug-likeness (QED) is 0.858. The topological polar surface area (TPSA) is 41.1 Å². The molecule has 1 aromatic carbocycles. The summed E-state index contributed by atoms with van der Waals surface area (Å²) >= 11 is 0. The number of H-pyrrole nitrogens is 1. The number of nitrogens with one attached hydrogen (secondary N) is 1. The SMILES string of the molecule is CC(C)(C)C1CCC2OCN(c3nc4ccccc4[nH]3)CC2C1. The van der Waals surface area contributed by atoms with Crippen LogP contribution >= 0.6 is 0 Å². The molecule has 1 aromatic heterocycles. The molecule has 4 heteroatoms. The Morgan fingerprint density at radius 3 is 2.83 bits per heavy atom. The molecule has 23 heavy (non-hydrogen) atoms. The zero-order valence-corrected chi connectivity index (χ0v) is 14.4. The zero-order valence-electron chi connectivity index (χ0n) is 14.4. The minimum atomic E-state index is 0.395. The molecule has 3 atom stereocenters. The molecule has 1 saturated heterocycles. The van der Waals surface area contributed by atoms with Crippen molar-refractivity contribution < 1.29 is 4.74 Å². The van der Waals surface area contributed by atoms with Gasteiger partial charge in [0.2, 0.25) is 5.95 Å². The van der Waals surface area contributed by atoms with Gasteiger partial charge in [0, 0.05) is 12.5 Å². The normalized spacial score (nSPS) is 28.8. The second-order valence-electron chi connectivity index (χ2n) is 8.27. The van der Waals surface area contributed by atoms with Crippen molar-refractivity contribution in [1.29, 1.82) is 0 Å². The Kier molecular flexibility index (Phi) is 3.60. The molecule has 1 saturated carbocycles. The van der Waals surface area contributed by atoms with Crippen LogP contribution in [0.2, 0.25) is 0 Å². The second kappa shape index (κ2) is 5.52. The second-order valence-corrected chi connectivity index (χ2v) is 8.27. The van der Waals surface area contributed by atoms with Crippen LogP contribution in [0.15, 0.2) is 24.3 Å². The number of hydrogen-bond acceptors (Lipinski definition) is 3. The Morgan fingerprint density at radius 1 is 1.22 bits per heavy atom. The summed E-state index contributed by atoms with van der Waals surface area (Å²) in [6.45, 7) is 8.83. The maximum atomic E-state index is 6.17. The Labute approximate surface area is 138 Å². The third kappa shape index (κ3) is 2.85. The Bertz CT molecular complexity index is 654. The number of imidazole rings is 1. The van der Waals surface area contributed by atoms with E-state index < -0.39 is 0 Å². The molecular weight excluding hydrogens is 286 g/mol. The maximum Gasteiger partial charge on any atom is 0.205 e. The van der Waals surface area contributed by atoms with Crippen LogP contribution in [0.1, 0.15) is 40.0 Å². The summed E-state index contributed by atoms with van der Waals surface area (Å²) in [5.74, 6) is 2.36. The summed E-state index contributed by atoms with van der Waals surface area (Å²) < 4.78 is 6.17. The minimum Gasteiger partial charge on any atom is -0.357 e. The molecule has 2 fully saturated rings. The van der Waals surface area contributed by atoms with E-state index >= 15 is 0 Å². The fourth-order valence-electron chi connectivity index (χ4n) is 4.19. The molecule has 4 nitrogen and oxygen atoms in total. The summed E-state index contributed by atoms with van der Waals surface area (Å²) in [7, 11) is 0. The standard InChI is InChI=1S/C19H27N3O/c1-19(2,3)14-8-9-17-13(10-14)11-22(12-23-17)18-20-15-6-4-5-7-16(15)21-18/h4-7,13-14,17H,8-12H2,1-3H3,(H,20,21). The van der Waals surface area contributed by atoms with Crippen molar-refractivity contribution in [3.8, 4) is 0 Å². The Morgan fingerprint density at radius 2 is 2.04 bits per heavy atom. The van der Waals surface area contributed by atoms with Gasteiger partial charge in [-0.25, -0.2) is 4.98 Å². The Balaban J connectivity index is 1.52. The van der Waals surface area contributed by atoms with Gasteiger partial charge in [-0.2, -0.15) is 0 Å². The molecule has 124 valence electrons. The number of aromatic amines is 1. The van der Waals surface area contributed by atoms with Crippen molar-refractivity contribution in [2.45, 2.75) is 46.1 Å². The summed E-state index contributed by atoms with van der Waals surface area (Å²) in [5, 5.41) is 0. The fraction of sp³-hybridized carbons (Fsp3) is 0.632. The monoisotopic (exact) mass is 313 g/mol. The molecular formula is C19H27N3O. The van der Waals surface area contributed by atoms with E-state index in [0.717, 1.165) is 29.4 Å². The van der Waals surface area contributed by atoms with E-state index in [-0.39, 0.29) is 0 Å². The van der Waals surface area contributed by atoms with Crippen LogP contribution in [0, 0.1) is 17.3 Å². The van der Waals surface area contributed by atoms with Gasteiger partial charge in [-0.15, -0.1) is 0 Å². The van der Waals surface area contributed by atoms with Crippen LogP contribution in [0.5, 0.6) is 0 Å². The van der Waals surface area contributed by atoms with E-state index in [4.69, 9.17) is 9.72 Å². The van der Waals surface area contributed by atoms with E-state index in [0.29, 0.717) is 24.2 Å². The number of hydrogen-bond donors (Lipinski definition) is 1. The molecule has 3 unspecified atom stereocenters. The molecule has 2 heterocycles. The number of ether oxygens (including phenoxy) is 1. The smallest absolute Gasteiger partial charge is 0.205 e. The fourth-order valence-corrected chi connectivity index (χ4v) is 4.19. The lowest BCUT2D eigenvalue weighted by Crippen LogP contribution is -2.49. The van der Waals surface area contributed by atoms with Gasteiger partial charge in [0.1, 0.15) is 6.73 Å². The lowest BCUT2D eigenvalue weighted by molar-refractivity contribution is -0.0595. The number of anilines is 1. The van der Waals surface area contributed by atoms with Crippen LogP contribution in [0.3, 0.4) is 0 Å². The van der Waals surface area contributed by atoms with E-state index in [2.05, 4.69) is 42.8 Å². The Hall–Kier alpha value is -1.55. The third-order valence-electron chi connectivity index (χ3n) is 5.71. The molecule has 0 spiro atoms. The van der Waals surface area contributed by atoms with Gasteiger partial charge >= 0.3 is 0 Å². The lowest BCUT2D eigenvalue weighted by Gasteiger charge is -2.46. The first-order valence-corrected chi connectivity index (χ1v) is 8.82. The number of rotatable bonds is 1. The van der Waals surface area contributed by atoms with E-state index in [1.165, 1.54) is 19.3 Å². The average Bonchev–Trinajstić information content (AvgIpc) is 2.97. The van der Waals surface area contributed by atoms with Gasteiger partial charge in [0.15, 0.2) is 0 Å². The molecule has 1 aliphatic carbocycles. The molecule has 0 radical (unpaired) electrons. The first-order valence-electron chi connectivity index (χ1n) is 8.82. The summed E-state index contributed by atoms with van der Waals surface area (Å²) in [6, 6.07) is 8.21. The third-order valence-corrected chi connectivity index (χ3v) is 5.71. The van der Waals surface area contributed by atoms with Crippen molar-refractivity contribution in [3.63, 3.8) is 0 Å². The number of para-hydroxylation sites is 2. The molecule has 4 rings (SSSR count). The van der Waals surface area contributed by atoms with E-state index in [1.807, 2.05) is 12.1 Å². The van der Waals surface area contributed by atoms with Crippen LogP contribution < -0.4 is 4.90 Å². The van der Waals surface area contributed by atoms with Gasteiger partial charge in [-0.3, -0.25) is 0 Å². The molecule has 1 N–H and O–H groups in total. The molecule has 2 aliphatic rings. The maximum absolute atomic E-state index is 6.17. The van der Waals surface area contributed by atoms with Crippen molar-refractivity contribution >= 4 is 17.0 Å². The van der Waals surface area contributed by atoms with Gasteiger partial charge in [0.05, 0.1) is 17.1 Å². The van der Waals surface area contributed by atoms with Gasteiger partial charge < -0.3 is 14.6 Å². The number of benzene rings is 1. The van der Waals surface area contributed by atoms with Crippen LogP contribution in [0.4, 0.5) is 5.95 Å². The highest BCUT2D eigenvalue weighted by Crippen LogP contribution is 2.43. The van der Waals surface area contributed by atoms with Crippen molar-refractivity contribution in [1.82, 2.24) is 9.97 Å². The predicted molar refractivity (Wildman–Crippen MR) is 93.5 cm³/mol. The predicted octanol–water partition coefficient (Wildman–Crippen LogP) is 4.19. The molecule has 1 aliphatic heterocycles. The first kappa shape index (κ1) is 15.0. The number of nitrogens with zero attached hydrogens (tertiary/aromatic N) is 2. The lowest BCUT2D eigenvalue weighted by atomic mass is 9.68. The summed E-state index contributed by atoms with van der Waals surface area (Å²) in [5.41, 5.74) is 2.52. The van der Waals surface area contributed by atoms with Crippen molar-refractivity contribution in [3.05, 3.63) is 24.3 Å². The van der Waals surface area contributed by atoms with Gasteiger partial charge in [0.25, 0.3) is 0 Å². The van der Waals surface area contributed by atoms with Crippen LogP contribution in [0.25, 0.3) is 11.0 Å². The minimum absolute atomic E-state index is 0.395. The number of aromatic nitrogens is 2. The van der Waals surface area contributed by atoms with Crippen molar-refractivity contribution in [2.75, 3.05) is 18.2 Å². The highest BCUT2D eigenvalue weighted by atomic mass is 16.5.